The topological polar surface area (TPSA) is 72.9 Å². The fourth-order valence-electron chi connectivity index (χ4n) is 7.26. The van der Waals surface area contributed by atoms with Crippen LogP contribution in [0.1, 0.15) is 53.7 Å². The number of carbonyl (C=O) groups excluding carboxylic acids is 3. The highest BCUT2D eigenvalue weighted by Crippen LogP contribution is 2.61. The van der Waals surface area contributed by atoms with Crippen molar-refractivity contribution in [2.24, 2.45) is 5.41 Å². The molecular weight excluding hydrogens is 562 g/mol. The predicted molar refractivity (Wildman–Crippen MR) is 166 cm³/mol. The van der Waals surface area contributed by atoms with E-state index in [-0.39, 0.29) is 17.3 Å². The highest BCUT2D eigenvalue weighted by Gasteiger charge is 2.71. The van der Waals surface area contributed by atoms with Gasteiger partial charge in [-0.3, -0.25) is 14.4 Å². The molecule has 0 amide bonds. The van der Waals surface area contributed by atoms with Crippen LogP contribution in [0.15, 0.2) is 91.0 Å². The van der Waals surface area contributed by atoms with E-state index in [1.165, 1.54) is 7.11 Å². The summed E-state index contributed by atoms with van der Waals surface area (Å²) in [6.45, 7) is 1.96. The molecule has 4 aromatic carbocycles. The van der Waals surface area contributed by atoms with E-state index in [1.54, 1.807) is 61.7 Å². The number of carbonyl (C=O) groups is 3. The molecule has 1 saturated heterocycles. The maximum atomic E-state index is 14.8. The van der Waals surface area contributed by atoms with E-state index in [0.29, 0.717) is 38.8 Å². The number of ether oxygens (including phenoxy) is 2. The summed E-state index contributed by atoms with van der Waals surface area (Å²) in [4.78, 5) is 46.4. The Labute approximate surface area is 254 Å². The normalized spacial score (nSPS) is 21.0. The van der Waals surface area contributed by atoms with Gasteiger partial charge in [0, 0.05) is 33.3 Å². The van der Waals surface area contributed by atoms with Crippen molar-refractivity contribution >= 4 is 40.7 Å². The SMILES string of the molecule is COc1ccc([C@H]2[C@@H](C(=O)c3ccc(C)cc3)N3c4ccc(Cl)cc4C=C[C@@H]3C23C(=O)c2ccccc2C3=O)cc1OC. The lowest BCUT2D eigenvalue weighted by molar-refractivity contribution is 0.0665. The number of benzene rings is 4. The highest BCUT2D eigenvalue weighted by molar-refractivity contribution is 6.32. The van der Waals surface area contributed by atoms with Gasteiger partial charge in [-0.05, 0) is 48.4 Å². The van der Waals surface area contributed by atoms with Gasteiger partial charge in [0.25, 0.3) is 0 Å². The molecule has 4 aromatic rings. The number of nitrogens with zero attached hydrogens (tertiary/aromatic N) is 1. The van der Waals surface area contributed by atoms with Crippen molar-refractivity contribution in [2.45, 2.75) is 24.9 Å². The smallest absolute Gasteiger partial charge is 0.185 e. The van der Waals surface area contributed by atoms with Crippen LogP contribution in [0.4, 0.5) is 5.69 Å². The van der Waals surface area contributed by atoms with Crippen LogP contribution in [-0.2, 0) is 0 Å². The van der Waals surface area contributed by atoms with Gasteiger partial charge in [0.2, 0.25) is 0 Å². The van der Waals surface area contributed by atoms with Gasteiger partial charge < -0.3 is 14.4 Å². The number of hydrogen-bond acceptors (Lipinski definition) is 6. The van der Waals surface area contributed by atoms with E-state index >= 15 is 0 Å². The minimum absolute atomic E-state index is 0.186. The lowest BCUT2D eigenvalue weighted by Gasteiger charge is -2.37. The first-order chi connectivity index (χ1) is 20.8. The quantitative estimate of drug-likeness (QED) is 0.185. The average Bonchev–Trinajstić information content (AvgIpc) is 3.46. The van der Waals surface area contributed by atoms with Gasteiger partial charge in [-0.2, -0.15) is 0 Å². The van der Waals surface area contributed by atoms with Crippen molar-refractivity contribution in [3.05, 3.63) is 129 Å². The molecule has 0 unspecified atom stereocenters. The van der Waals surface area contributed by atoms with Crippen molar-refractivity contribution in [2.75, 3.05) is 19.1 Å². The third-order valence-electron chi connectivity index (χ3n) is 9.14. The number of hydrogen-bond donors (Lipinski definition) is 0. The summed E-state index contributed by atoms with van der Waals surface area (Å²) in [6.07, 6.45) is 3.79. The van der Waals surface area contributed by atoms with Crippen molar-refractivity contribution < 1.29 is 23.9 Å². The molecule has 6 nitrogen and oxygen atoms in total. The summed E-state index contributed by atoms with van der Waals surface area (Å²) in [7, 11) is 3.08. The van der Waals surface area contributed by atoms with Gasteiger partial charge in [-0.25, -0.2) is 0 Å². The molecule has 0 bridgehead atoms. The Bertz CT molecular complexity index is 1830. The highest BCUT2D eigenvalue weighted by atomic mass is 35.5. The summed E-state index contributed by atoms with van der Waals surface area (Å²) >= 11 is 6.39. The summed E-state index contributed by atoms with van der Waals surface area (Å²) in [5.41, 5.74) is 2.83. The fraction of sp³-hybridized carbons (Fsp3) is 0.194. The zero-order valence-corrected chi connectivity index (χ0v) is 24.6. The number of halogens is 1. The van der Waals surface area contributed by atoms with Crippen molar-refractivity contribution in [1.29, 1.82) is 0 Å². The molecule has 0 N–H and O–H groups in total. The molecule has 1 aliphatic carbocycles. The van der Waals surface area contributed by atoms with Crippen molar-refractivity contribution in [1.82, 2.24) is 0 Å². The number of ketones is 3. The maximum Gasteiger partial charge on any atom is 0.185 e. The van der Waals surface area contributed by atoms with Gasteiger partial charge >= 0.3 is 0 Å². The predicted octanol–water partition coefficient (Wildman–Crippen LogP) is 6.98. The molecule has 1 spiro atoms. The molecule has 0 aromatic heterocycles. The van der Waals surface area contributed by atoms with Crippen molar-refractivity contribution in [3.63, 3.8) is 0 Å². The van der Waals surface area contributed by atoms with E-state index in [4.69, 9.17) is 21.1 Å². The average molecular weight is 590 g/mol. The van der Waals surface area contributed by atoms with Gasteiger partial charge in [0.15, 0.2) is 28.8 Å². The third kappa shape index (κ3) is 3.76. The molecule has 3 aliphatic rings. The van der Waals surface area contributed by atoms with E-state index in [1.807, 2.05) is 54.3 Å². The van der Waals surface area contributed by atoms with Crippen LogP contribution < -0.4 is 14.4 Å². The standard InChI is InChI=1S/C36H28ClNO5/c1-20-8-10-21(11-9-20)33(39)32-31(23-12-16-28(42-2)29(19-23)43-3)36(34(40)25-6-4-5-7-26(25)35(36)41)30-17-13-22-18-24(37)14-15-27(22)38(30)32/h4-19,30-32H,1-3H3/t30-,31+,32+/m1/s1. The lowest BCUT2D eigenvalue weighted by atomic mass is 9.64. The number of anilines is 1. The van der Waals surface area contributed by atoms with E-state index < -0.39 is 23.4 Å². The second-order valence-corrected chi connectivity index (χ2v) is 11.7. The second kappa shape index (κ2) is 9.96. The molecule has 3 atom stereocenters. The molecule has 2 aliphatic heterocycles. The maximum absolute atomic E-state index is 14.8. The van der Waals surface area contributed by atoms with Crippen LogP contribution >= 0.6 is 11.6 Å². The second-order valence-electron chi connectivity index (χ2n) is 11.3. The van der Waals surface area contributed by atoms with Crippen molar-refractivity contribution in [3.8, 4) is 11.5 Å². The largest absolute Gasteiger partial charge is 0.493 e. The summed E-state index contributed by atoms with van der Waals surface area (Å²) in [5.74, 6) is -0.670. The zero-order valence-electron chi connectivity index (χ0n) is 23.8. The van der Waals surface area contributed by atoms with E-state index in [2.05, 4.69) is 0 Å². The van der Waals surface area contributed by atoms with Gasteiger partial charge in [0.05, 0.1) is 20.3 Å². The Hall–Kier alpha value is -4.68. The Morgan fingerprint density at radius 2 is 1.51 bits per heavy atom. The van der Waals surface area contributed by atoms with Crippen LogP contribution in [0.5, 0.6) is 11.5 Å². The first-order valence-electron chi connectivity index (χ1n) is 14.1. The van der Waals surface area contributed by atoms with Crippen LogP contribution in [-0.4, -0.2) is 43.7 Å². The zero-order chi connectivity index (χ0) is 30.0. The summed E-state index contributed by atoms with van der Waals surface area (Å²) < 4.78 is 11.2. The molecule has 214 valence electrons. The van der Waals surface area contributed by atoms with Crippen LogP contribution in [0, 0.1) is 12.3 Å². The number of Topliss-reactive ketones (excluding diaryl/α,β-unsaturated/α-hetero) is 3. The minimum atomic E-state index is -1.61. The molecule has 1 fully saturated rings. The van der Waals surface area contributed by atoms with Gasteiger partial charge in [-0.15, -0.1) is 0 Å². The van der Waals surface area contributed by atoms with Gasteiger partial charge in [-0.1, -0.05) is 83.9 Å². The first kappa shape index (κ1) is 27.2. The summed E-state index contributed by atoms with van der Waals surface area (Å²) in [6, 6.07) is 23.6. The number of rotatable bonds is 5. The number of methoxy groups -OCH3 is 2. The van der Waals surface area contributed by atoms with E-state index in [9.17, 15) is 14.4 Å². The first-order valence-corrected chi connectivity index (χ1v) is 14.5. The Balaban J connectivity index is 1.55. The van der Waals surface area contributed by atoms with Crippen LogP contribution in [0.3, 0.4) is 0 Å². The van der Waals surface area contributed by atoms with Gasteiger partial charge in [0.1, 0.15) is 11.5 Å². The van der Waals surface area contributed by atoms with Crippen LogP contribution in [0.2, 0.25) is 5.02 Å². The Kier molecular flexibility index (Phi) is 6.29. The molecule has 7 heteroatoms. The summed E-state index contributed by atoms with van der Waals surface area (Å²) in [5, 5.41) is 0.550. The third-order valence-corrected chi connectivity index (χ3v) is 9.37. The Morgan fingerprint density at radius 1 is 0.837 bits per heavy atom. The number of fused-ring (bicyclic) bond motifs is 5. The fourth-order valence-corrected chi connectivity index (χ4v) is 7.44. The Morgan fingerprint density at radius 3 is 2.16 bits per heavy atom. The van der Waals surface area contributed by atoms with Crippen LogP contribution in [0.25, 0.3) is 6.08 Å². The molecular formula is C36H28ClNO5. The van der Waals surface area contributed by atoms with E-state index in [0.717, 1.165) is 16.8 Å². The molecule has 0 radical (unpaired) electrons. The molecule has 7 rings (SSSR count). The lowest BCUT2D eigenvalue weighted by Crippen LogP contribution is -2.48. The molecule has 43 heavy (non-hydrogen) atoms. The monoisotopic (exact) mass is 589 g/mol. The molecule has 0 saturated carbocycles. The number of aryl methyl sites for hydroxylation is 1. The molecule has 2 heterocycles. The minimum Gasteiger partial charge on any atom is -0.493 e.